The van der Waals surface area contributed by atoms with Crippen LogP contribution in [0.15, 0.2) is 24.3 Å². The number of carbonyl (C=O) groups excluding carboxylic acids is 2. The van der Waals surface area contributed by atoms with Gasteiger partial charge in [-0.2, -0.15) is 0 Å². The standard InChI is InChI=1S/C18H26N2O3/c1-4-20(5-2)18(22)16-12-15(16)17(21)19-11-10-13-6-8-14(23-3)9-7-13/h6-9,15-16H,4-5,10-12H2,1-3H3,(H,19,21). The number of nitrogens with one attached hydrogen (secondary N) is 1. The summed E-state index contributed by atoms with van der Waals surface area (Å²) in [6.45, 7) is 5.94. The molecular formula is C18H26N2O3. The maximum absolute atomic E-state index is 12.2. The Labute approximate surface area is 138 Å². The highest BCUT2D eigenvalue weighted by Gasteiger charge is 2.48. The van der Waals surface area contributed by atoms with Gasteiger partial charge >= 0.3 is 0 Å². The lowest BCUT2D eigenvalue weighted by molar-refractivity contribution is -0.134. The zero-order chi connectivity index (χ0) is 16.8. The highest BCUT2D eigenvalue weighted by atomic mass is 16.5. The first-order valence-electron chi connectivity index (χ1n) is 8.30. The van der Waals surface area contributed by atoms with Crippen molar-refractivity contribution in [3.05, 3.63) is 29.8 Å². The van der Waals surface area contributed by atoms with Crippen LogP contribution in [0.2, 0.25) is 0 Å². The number of amides is 2. The Morgan fingerprint density at radius 3 is 2.39 bits per heavy atom. The SMILES string of the molecule is CCN(CC)C(=O)C1CC1C(=O)NCCc1ccc(OC)cc1. The van der Waals surface area contributed by atoms with E-state index in [0.717, 1.165) is 17.7 Å². The molecule has 1 saturated carbocycles. The third-order valence-electron chi connectivity index (χ3n) is 4.39. The summed E-state index contributed by atoms with van der Waals surface area (Å²) in [5.74, 6) is 0.692. The monoisotopic (exact) mass is 318 g/mol. The molecule has 1 aliphatic carbocycles. The summed E-state index contributed by atoms with van der Waals surface area (Å²) in [7, 11) is 1.64. The molecule has 1 aliphatic rings. The Kier molecular flexibility index (Phi) is 6.02. The zero-order valence-corrected chi connectivity index (χ0v) is 14.2. The van der Waals surface area contributed by atoms with Crippen LogP contribution in [0.25, 0.3) is 0 Å². The van der Waals surface area contributed by atoms with Gasteiger partial charge in [0.25, 0.3) is 0 Å². The summed E-state index contributed by atoms with van der Waals surface area (Å²) >= 11 is 0. The molecule has 23 heavy (non-hydrogen) atoms. The lowest BCUT2D eigenvalue weighted by Crippen LogP contribution is -2.34. The number of benzene rings is 1. The van der Waals surface area contributed by atoms with Crippen LogP contribution in [0.4, 0.5) is 0 Å². The van der Waals surface area contributed by atoms with E-state index in [0.29, 0.717) is 26.1 Å². The predicted molar refractivity (Wildman–Crippen MR) is 89.2 cm³/mol. The van der Waals surface area contributed by atoms with Crippen molar-refractivity contribution >= 4 is 11.8 Å². The molecule has 1 aromatic rings. The molecule has 2 unspecified atom stereocenters. The number of methoxy groups -OCH3 is 1. The largest absolute Gasteiger partial charge is 0.497 e. The quantitative estimate of drug-likeness (QED) is 0.796. The Balaban J connectivity index is 1.72. The number of carbonyl (C=O) groups is 2. The Hall–Kier alpha value is -2.04. The second-order valence-corrected chi connectivity index (χ2v) is 5.85. The lowest BCUT2D eigenvalue weighted by Gasteiger charge is -2.18. The number of hydrogen-bond donors (Lipinski definition) is 1. The summed E-state index contributed by atoms with van der Waals surface area (Å²) in [4.78, 5) is 26.1. The summed E-state index contributed by atoms with van der Waals surface area (Å²) in [6, 6.07) is 7.82. The first-order valence-corrected chi connectivity index (χ1v) is 8.30. The Morgan fingerprint density at radius 2 is 1.83 bits per heavy atom. The fourth-order valence-electron chi connectivity index (χ4n) is 2.78. The molecule has 126 valence electrons. The van der Waals surface area contributed by atoms with Gasteiger partial charge in [0.15, 0.2) is 0 Å². The van der Waals surface area contributed by atoms with Crippen LogP contribution in [0, 0.1) is 11.8 Å². The molecule has 2 rings (SSSR count). The molecular weight excluding hydrogens is 292 g/mol. The van der Waals surface area contributed by atoms with E-state index in [1.54, 1.807) is 12.0 Å². The van der Waals surface area contributed by atoms with Gasteiger partial charge in [-0.05, 0) is 44.4 Å². The van der Waals surface area contributed by atoms with Crippen LogP contribution >= 0.6 is 0 Å². The number of hydrogen-bond acceptors (Lipinski definition) is 3. The van der Waals surface area contributed by atoms with Gasteiger partial charge in [-0.1, -0.05) is 12.1 Å². The molecule has 1 N–H and O–H groups in total. The topological polar surface area (TPSA) is 58.6 Å². The molecule has 2 amide bonds. The molecule has 0 heterocycles. The average Bonchev–Trinajstić information content (AvgIpc) is 3.37. The van der Waals surface area contributed by atoms with Crippen LogP contribution in [0.1, 0.15) is 25.8 Å². The Bertz CT molecular complexity index is 538. The van der Waals surface area contributed by atoms with Crippen molar-refractivity contribution in [1.29, 1.82) is 0 Å². The molecule has 1 fully saturated rings. The lowest BCUT2D eigenvalue weighted by atomic mass is 10.1. The van der Waals surface area contributed by atoms with Crippen LogP contribution in [-0.4, -0.2) is 43.5 Å². The van der Waals surface area contributed by atoms with Crippen molar-refractivity contribution in [2.75, 3.05) is 26.7 Å². The fraction of sp³-hybridized carbons (Fsp3) is 0.556. The van der Waals surface area contributed by atoms with Gasteiger partial charge in [0.2, 0.25) is 11.8 Å². The minimum absolute atomic E-state index is 0.00372. The first-order chi connectivity index (χ1) is 11.1. The zero-order valence-electron chi connectivity index (χ0n) is 14.2. The average molecular weight is 318 g/mol. The minimum atomic E-state index is -0.140. The maximum Gasteiger partial charge on any atom is 0.226 e. The second-order valence-electron chi connectivity index (χ2n) is 5.85. The third kappa shape index (κ3) is 4.47. The van der Waals surface area contributed by atoms with Crippen molar-refractivity contribution in [3.8, 4) is 5.75 Å². The maximum atomic E-state index is 12.2. The van der Waals surface area contributed by atoms with Crippen LogP contribution in [-0.2, 0) is 16.0 Å². The summed E-state index contributed by atoms with van der Waals surface area (Å²) < 4.78 is 5.12. The highest BCUT2D eigenvalue weighted by molar-refractivity contribution is 5.92. The van der Waals surface area contributed by atoms with E-state index in [2.05, 4.69) is 5.32 Å². The fourth-order valence-corrected chi connectivity index (χ4v) is 2.78. The van der Waals surface area contributed by atoms with Gasteiger partial charge in [0, 0.05) is 19.6 Å². The van der Waals surface area contributed by atoms with E-state index in [1.807, 2.05) is 38.1 Å². The van der Waals surface area contributed by atoms with Crippen molar-refractivity contribution in [2.24, 2.45) is 11.8 Å². The molecule has 0 aromatic heterocycles. The van der Waals surface area contributed by atoms with Gasteiger partial charge in [0.1, 0.15) is 5.75 Å². The van der Waals surface area contributed by atoms with Crippen LogP contribution in [0.3, 0.4) is 0 Å². The summed E-state index contributed by atoms with van der Waals surface area (Å²) in [5.41, 5.74) is 1.15. The number of nitrogens with zero attached hydrogens (tertiary/aromatic N) is 1. The van der Waals surface area contributed by atoms with Crippen molar-refractivity contribution in [1.82, 2.24) is 10.2 Å². The number of ether oxygens (including phenoxy) is 1. The molecule has 1 aromatic carbocycles. The molecule has 5 nitrogen and oxygen atoms in total. The normalized spacial score (nSPS) is 19.1. The Morgan fingerprint density at radius 1 is 1.17 bits per heavy atom. The van der Waals surface area contributed by atoms with Crippen molar-refractivity contribution < 1.29 is 14.3 Å². The molecule has 0 aliphatic heterocycles. The van der Waals surface area contributed by atoms with E-state index < -0.39 is 0 Å². The molecule has 2 atom stereocenters. The second kappa shape index (κ2) is 7.99. The van der Waals surface area contributed by atoms with Gasteiger partial charge in [-0.3, -0.25) is 9.59 Å². The molecule has 5 heteroatoms. The van der Waals surface area contributed by atoms with E-state index >= 15 is 0 Å². The summed E-state index contributed by atoms with van der Waals surface area (Å²) in [6.07, 6.45) is 1.46. The van der Waals surface area contributed by atoms with Crippen molar-refractivity contribution in [2.45, 2.75) is 26.7 Å². The molecule has 0 radical (unpaired) electrons. The number of rotatable bonds is 8. The van der Waals surface area contributed by atoms with Gasteiger partial charge in [0.05, 0.1) is 18.9 Å². The molecule has 0 bridgehead atoms. The van der Waals surface area contributed by atoms with E-state index in [-0.39, 0.29) is 23.7 Å². The van der Waals surface area contributed by atoms with Gasteiger partial charge < -0.3 is 15.0 Å². The molecule has 0 saturated heterocycles. The van der Waals surface area contributed by atoms with Crippen LogP contribution < -0.4 is 10.1 Å². The van der Waals surface area contributed by atoms with E-state index in [9.17, 15) is 9.59 Å². The first kappa shape index (κ1) is 17.3. The van der Waals surface area contributed by atoms with E-state index in [1.165, 1.54) is 0 Å². The van der Waals surface area contributed by atoms with E-state index in [4.69, 9.17) is 4.74 Å². The van der Waals surface area contributed by atoms with Crippen LogP contribution in [0.5, 0.6) is 5.75 Å². The summed E-state index contributed by atoms with van der Waals surface area (Å²) in [5, 5.41) is 2.94. The van der Waals surface area contributed by atoms with Gasteiger partial charge in [-0.25, -0.2) is 0 Å². The minimum Gasteiger partial charge on any atom is -0.497 e. The third-order valence-corrected chi connectivity index (χ3v) is 4.39. The van der Waals surface area contributed by atoms with Gasteiger partial charge in [-0.15, -0.1) is 0 Å². The van der Waals surface area contributed by atoms with Crippen molar-refractivity contribution in [3.63, 3.8) is 0 Å². The predicted octanol–water partition coefficient (Wildman–Crippen LogP) is 1.86. The smallest absolute Gasteiger partial charge is 0.226 e. The molecule has 0 spiro atoms. The highest BCUT2D eigenvalue weighted by Crippen LogP contribution is 2.40.